The molecule has 0 aliphatic rings. The molecule has 6 aromatic carbocycles. The maximum absolute atomic E-state index is 2.42. The summed E-state index contributed by atoms with van der Waals surface area (Å²) >= 11 is 3.77. The van der Waals surface area contributed by atoms with Crippen molar-refractivity contribution in [1.82, 2.24) is 0 Å². The molecule has 0 fully saturated rings. The number of rotatable bonds is 1. The topological polar surface area (TPSA) is 0 Å². The molecule has 0 nitrogen and oxygen atoms in total. The van der Waals surface area contributed by atoms with E-state index in [1.54, 1.807) is 0 Å². The minimum absolute atomic E-state index is 1.28. The average molecular weight is 467 g/mol. The predicted octanol–water partition coefficient (Wildman–Crippen LogP) is 10.4. The minimum atomic E-state index is 1.28. The lowest BCUT2D eigenvalue weighted by molar-refractivity contribution is 1.74. The number of hydrogen-bond donors (Lipinski definition) is 0. The van der Waals surface area contributed by atoms with E-state index in [-0.39, 0.29) is 0 Å². The van der Waals surface area contributed by atoms with Crippen LogP contribution in [0.3, 0.4) is 0 Å². The lowest BCUT2D eigenvalue weighted by atomic mass is 9.92. The number of benzene rings is 6. The van der Waals surface area contributed by atoms with Crippen molar-refractivity contribution < 1.29 is 0 Å². The third kappa shape index (κ3) is 2.58. The molecule has 2 heteroatoms. The van der Waals surface area contributed by atoms with Gasteiger partial charge in [0.05, 0.1) is 0 Å². The summed E-state index contributed by atoms with van der Waals surface area (Å²) in [6.45, 7) is 0. The third-order valence-corrected chi connectivity index (χ3v) is 9.33. The molecule has 0 spiro atoms. The fourth-order valence-electron chi connectivity index (χ4n) is 5.45. The highest BCUT2D eigenvalue weighted by Gasteiger charge is 2.14. The van der Waals surface area contributed by atoms with Crippen molar-refractivity contribution in [3.8, 4) is 11.1 Å². The highest BCUT2D eigenvalue weighted by Crippen LogP contribution is 2.43. The zero-order valence-corrected chi connectivity index (χ0v) is 19.8. The smallest absolute Gasteiger partial charge is 0.0362 e. The van der Waals surface area contributed by atoms with Crippen LogP contribution in [0.25, 0.3) is 73.0 Å². The van der Waals surface area contributed by atoms with Gasteiger partial charge in [-0.3, -0.25) is 0 Å². The van der Waals surface area contributed by atoms with Gasteiger partial charge in [-0.2, -0.15) is 0 Å². The molecule has 0 saturated carbocycles. The van der Waals surface area contributed by atoms with Gasteiger partial charge in [-0.25, -0.2) is 0 Å². The first-order valence-electron chi connectivity index (χ1n) is 11.5. The van der Waals surface area contributed by atoms with Gasteiger partial charge in [-0.15, -0.1) is 22.7 Å². The van der Waals surface area contributed by atoms with Gasteiger partial charge in [0.25, 0.3) is 0 Å². The zero-order valence-electron chi connectivity index (χ0n) is 18.2. The molecule has 0 atom stereocenters. The fraction of sp³-hybridized carbons (Fsp3) is 0. The van der Waals surface area contributed by atoms with Crippen LogP contribution in [0.2, 0.25) is 0 Å². The molecule has 0 radical (unpaired) electrons. The highest BCUT2D eigenvalue weighted by atomic mass is 32.1. The van der Waals surface area contributed by atoms with Crippen LogP contribution in [-0.4, -0.2) is 0 Å². The molecule has 0 unspecified atom stereocenters. The second-order valence-corrected chi connectivity index (χ2v) is 11.1. The van der Waals surface area contributed by atoms with Crippen molar-refractivity contribution in [3.63, 3.8) is 0 Å². The van der Waals surface area contributed by atoms with Crippen molar-refractivity contribution in [1.29, 1.82) is 0 Å². The van der Waals surface area contributed by atoms with E-state index in [9.17, 15) is 0 Å². The van der Waals surface area contributed by atoms with E-state index >= 15 is 0 Å². The largest absolute Gasteiger partial charge is 0.135 e. The molecule has 34 heavy (non-hydrogen) atoms. The molecule has 0 amide bonds. The van der Waals surface area contributed by atoms with Crippen molar-refractivity contribution in [3.05, 3.63) is 109 Å². The molecule has 2 heterocycles. The van der Waals surface area contributed by atoms with Gasteiger partial charge in [0, 0.05) is 40.3 Å². The number of thiophene rings is 2. The zero-order chi connectivity index (χ0) is 22.2. The van der Waals surface area contributed by atoms with Crippen LogP contribution in [-0.2, 0) is 0 Å². The second kappa shape index (κ2) is 6.89. The van der Waals surface area contributed by atoms with Crippen LogP contribution in [0.1, 0.15) is 0 Å². The van der Waals surface area contributed by atoms with E-state index < -0.39 is 0 Å². The molecule has 158 valence electrons. The summed E-state index contributed by atoms with van der Waals surface area (Å²) in [4.78, 5) is 0. The van der Waals surface area contributed by atoms with Gasteiger partial charge in [0.1, 0.15) is 0 Å². The standard InChI is InChI=1S/C32H18S2/c1-2-8-21-19(7-1)15-24(20-13-14-31-27(16-20)22-9-3-5-11-29(22)33-31)26-18-32-28(17-25(21)26)23-10-4-6-12-30(23)34-32/h1-18H. The van der Waals surface area contributed by atoms with E-state index in [1.807, 2.05) is 22.7 Å². The minimum Gasteiger partial charge on any atom is -0.135 e. The Morgan fingerprint density at radius 2 is 0.971 bits per heavy atom. The Morgan fingerprint density at radius 3 is 1.76 bits per heavy atom. The Labute approximate surface area is 204 Å². The van der Waals surface area contributed by atoms with E-state index in [0.717, 1.165) is 0 Å². The summed E-state index contributed by atoms with van der Waals surface area (Å²) < 4.78 is 5.41. The quantitative estimate of drug-likeness (QED) is 0.211. The van der Waals surface area contributed by atoms with Gasteiger partial charge in [0.2, 0.25) is 0 Å². The molecule has 0 bridgehead atoms. The van der Waals surface area contributed by atoms with Gasteiger partial charge in [-0.1, -0.05) is 66.7 Å². The molecule has 0 N–H and O–H groups in total. The number of fused-ring (bicyclic) bond motifs is 9. The van der Waals surface area contributed by atoms with Crippen LogP contribution < -0.4 is 0 Å². The van der Waals surface area contributed by atoms with Gasteiger partial charge < -0.3 is 0 Å². The summed E-state index contributed by atoms with van der Waals surface area (Å²) in [7, 11) is 0. The lowest BCUT2D eigenvalue weighted by Crippen LogP contribution is -1.85. The van der Waals surface area contributed by atoms with E-state index in [4.69, 9.17) is 0 Å². The number of hydrogen-bond acceptors (Lipinski definition) is 2. The Morgan fingerprint density at radius 1 is 0.353 bits per heavy atom. The summed E-state index contributed by atoms with van der Waals surface area (Å²) in [5.41, 5.74) is 2.59. The first-order chi connectivity index (χ1) is 16.8. The summed E-state index contributed by atoms with van der Waals surface area (Å²) in [5.74, 6) is 0. The fourth-order valence-corrected chi connectivity index (χ4v) is 7.66. The van der Waals surface area contributed by atoms with Gasteiger partial charge in [0.15, 0.2) is 0 Å². The SMILES string of the molecule is c1ccc2c(c1)cc(-c1ccc3sc4ccccc4c3c1)c1cc3sc4ccccc4c3cc12. The van der Waals surface area contributed by atoms with E-state index in [0.29, 0.717) is 0 Å². The third-order valence-electron chi connectivity index (χ3n) is 7.05. The van der Waals surface area contributed by atoms with Gasteiger partial charge >= 0.3 is 0 Å². The van der Waals surface area contributed by atoms with Crippen LogP contribution in [0.5, 0.6) is 0 Å². The molecular formula is C32H18S2. The lowest BCUT2D eigenvalue weighted by Gasteiger charge is -2.12. The van der Waals surface area contributed by atoms with Crippen molar-refractivity contribution >= 4 is 84.6 Å². The van der Waals surface area contributed by atoms with Crippen molar-refractivity contribution in [2.45, 2.75) is 0 Å². The maximum atomic E-state index is 2.42. The van der Waals surface area contributed by atoms with E-state index in [2.05, 4.69) is 109 Å². The maximum Gasteiger partial charge on any atom is 0.0362 e. The summed E-state index contributed by atoms with van der Waals surface area (Å²) in [5, 5.41) is 10.7. The second-order valence-electron chi connectivity index (χ2n) is 8.95. The van der Waals surface area contributed by atoms with Crippen molar-refractivity contribution in [2.75, 3.05) is 0 Å². The van der Waals surface area contributed by atoms with Crippen LogP contribution in [0.15, 0.2) is 109 Å². The Bertz CT molecular complexity index is 2070. The normalized spacial score (nSPS) is 12.1. The summed E-state index contributed by atoms with van der Waals surface area (Å²) in [6, 6.07) is 40.5. The predicted molar refractivity (Wildman–Crippen MR) is 153 cm³/mol. The van der Waals surface area contributed by atoms with Crippen molar-refractivity contribution in [2.24, 2.45) is 0 Å². The Kier molecular flexibility index (Phi) is 3.79. The molecule has 0 saturated heterocycles. The first-order valence-corrected chi connectivity index (χ1v) is 13.2. The first kappa shape index (κ1) is 18.7. The monoisotopic (exact) mass is 466 g/mol. The Balaban J connectivity index is 1.52. The Hall–Kier alpha value is -3.72. The summed E-state index contributed by atoms with van der Waals surface area (Å²) in [6.07, 6.45) is 0. The van der Waals surface area contributed by atoms with E-state index in [1.165, 1.54) is 73.0 Å². The molecule has 2 aromatic heterocycles. The highest BCUT2D eigenvalue weighted by molar-refractivity contribution is 7.26. The molecule has 0 aliphatic heterocycles. The van der Waals surface area contributed by atoms with Crippen LogP contribution >= 0.6 is 22.7 Å². The molecule has 0 aliphatic carbocycles. The molecule has 8 rings (SSSR count). The van der Waals surface area contributed by atoms with Crippen LogP contribution in [0.4, 0.5) is 0 Å². The average Bonchev–Trinajstić information content (AvgIpc) is 3.44. The molecule has 8 aromatic rings. The van der Waals surface area contributed by atoms with Crippen LogP contribution in [0, 0.1) is 0 Å². The molecular weight excluding hydrogens is 448 g/mol. The van der Waals surface area contributed by atoms with Gasteiger partial charge in [-0.05, 0) is 75.1 Å².